The molecule has 0 heterocycles. The molecule has 0 aromatic heterocycles. The number of nitrogens with two attached hydrogens (primary N) is 1. The van der Waals surface area contributed by atoms with E-state index in [1.807, 2.05) is 0 Å². The molecule has 1 aromatic carbocycles. The lowest BCUT2D eigenvalue weighted by Gasteiger charge is -2.08. The molecule has 0 spiro atoms. The Morgan fingerprint density at radius 2 is 2.17 bits per heavy atom. The third-order valence-corrected chi connectivity index (χ3v) is 1.95. The minimum Gasteiger partial charge on any atom is -0.435 e. The highest BCUT2D eigenvalue weighted by Crippen LogP contribution is 2.19. The number of benzene rings is 1. The largest absolute Gasteiger partial charge is 0.435 e. The predicted octanol–water partition coefficient (Wildman–Crippen LogP) is 2.39. The van der Waals surface area contributed by atoms with E-state index in [2.05, 4.69) is 10.1 Å². The summed E-state index contributed by atoms with van der Waals surface area (Å²) < 4.78 is 28.1. The Labute approximate surface area is 110 Å². The highest BCUT2D eigenvalue weighted by atomic mass is 35.5. The van der Waals surface area contributed by atoms with E-state index in [-0.39, 0.29) is 24.1 Å². The molecule has 1 aromatic rings. The van der Waals surface area contributed by atoms with Crippen LogP contribution in [0.4, 0.5) is 14.5 Å². The number of hydrogen-bond acceptors (Lipinski definition) is 3. The van der Waals surface area contributed by atoms with E-state index in [0.29, 0.717) is 25.1 Å². The first kappa shape index (κ1) is 16.6. The second-order valence-electron chi connectivity index (χ2n) is 3.35. The average Bonchev–Trinajstić information content (AvgIpc) is 2.26. The number of hydrogen-bond donors (Lipinski definition) is 2. The van der Waals surface area contributed by atoms with Crippen LogP contribution in [0.25, 0.3) is 0 Å². The summed E-state index contributed by atoms with van der Waals surface area (Å²) >= 11 is 0. The first-order chi connectivity index (χ1) is 8.11. The molecule has 0 unspecified atom stereocenters. The molecular formula is C11H15ClF2N2O2. The first-order valence-corrected chi connectivity index (χ1v) is 5.16. The number of rotatable bonds is 6. The molecule has 0 atom stereocenters. The van der Waals surface area contributed by atoms with Gasteiger partial charge in [-0.3, -0.25) is 4.79 Å². The van der Waals surface area contributed by atoms with Crippen molar-refractivity contribution in [3.8, 4) is 5.75 Å². The maximum Gasteiger partial charge on any atom is 0.387 e. The molecule has 7 heteroatoms. The van der Waals surface area contributed by atoms with Crippen LogP contribution in [0.15, 0.2) is 24.3 Å². The molecule has 0 aliphatic carbocycles. The minimum absolute atomic E-state index is 0. The Balaban J connectivity index is 0.00000289. The van der Waals surface area contributed by atoms with Crippen LogP contribution in [0.5, 0.6) is 5.75 Å². The summed E-state index contributed by atoms with van der Waals surface area (Å²) in [6, 6.07) is 5.85. The van der Waals surface area contributed by atoms with Gasteiger partial charge in [0.05, 0.1) is 0 Å². The van der Waals surface area contributed by atoms with Gasteiger partial charge in [-0.2, -0.15) is 8.78 Å². The van der Waals surface area contributed by atoms with Crippen molar-refractivity contribution in [1.82, 2.24) is 0 Å². The first-order valence-electron chi connectivity index (χ1n) is 5.16. The lowest BCUT2D eigenvalue weighted by Crippen LogP contribution is -2.13. The van der Waals surface area contributed by atoms with Crippen molar-refractivity contribution in [2.24, 2.45) is 5.73 Å². The van der Waals surface area contributed by atoms with Gasteiger partial charge in [0, 0.05) is 18.2 Å². The Hall–Kier alpha value is -1.40. The molecule has 1 rings (SSSR count). The maximum absolute atomic E-state index is 12.0. The number of alkyl halides is 2. The molecule has 0 aliphatic heterocycles. The van der Waals surface area contributed by atoms with Crippen molar-refractivity contribution >= 4 is 24.0 Å². The second kappa shape index (κ2) is 8.66. The van der Waals surface area contributed by atoms with Gasteiger partial charge in [-0.15, -0.1) is 12.4 Å². The normalized spacial score (nSPS) is 9.78. The van der Waals surface area contributed by atoms with Crippen LogP contribution in [0.1, 0.15) is 12.8 Å². The molecule has 0 radical (unpaired) electrons. The number of carbonyl (C=O) groups is 1. The van der Waals surface area contributed by atoms with Crippen molar-refractivity contribution in [2.75, 3.05) is 11.9 Å². The number of amides is 1. The Kier molecular flexibility index (Phi) is 7.98. The topological polar surface area (TPSA) is 64.4 Å². The molecule has 1 amide bonds. The monoisotopic (exact) mass is 280 g/mol. The van der Waals surface area contributed by atoms with Gasteiger partial charge in [-0.05, 0) is 25.1 Å². The second-order valence-corrected chi connectivity index (χ2v) is 3.35. The van der Waals surface area contributed by atoms with Crippen molar-refractivity contribution in [2.45, 2.75) is 19.5 Å². The smallest absolute Gasteiger partial charge is 0.387 e. The zero-order valence-corrected chi connectivity index (χ0v) is 10.4. The van der Waals surface area contributed by atoms with Gasteiger partial charge < -0.3 is 15.8 Å². The number of anilines is 1. The summed E-state index contributed by atoms with van der Waals surface area (Å²) in [6.07, 6.45) is 0.884. The van der Waals surface area contributed by atoms with Gasteiger partial charge in [0.1, 0.15) is 5.75 Å². The highest BCUT2D eigenvalue weighted by Gasteiger charge is 2.06. The summed E-state index contributed by atoms with van der Waals surface area (Å²) in [5.41, 5.74) is 5.69. The number of carbonyl (C=O) groups excluding carboxylic acids is 1. The van der Waals surface area contributed by atoms with E-state index in [0.717, 1.165) is 0 Å². The Morgan fingerprint density at radius 3 is 2.78 bits per heavy atom. The SMILES string of the molecule is Cl.NCCCC(=O)Nc1cccc(OC(F)F)c1. The van der Waals surface area contributed by atoms with E-state index < -0.39 is 6.61 Å². The van der Waals surface area contributed by atoms with Gasteiger partial charge in [0.25, 0.3) is 0 Å². The molecule has 0 saturated heterocycles. The summed E-state index contributed by atoms with van der Waals surface area (Å²) in [7, 11) is 0. The fourth-order valence-corrected chi connectivity index (χ4v) is 1.24. The molecule has 0 fully saturated rings. The summed E-state index contributed by atoms with van der Waals surface area (Å²) in [5.74, 6) is -0.193. The number of nitrogens with one attached hydrogen (secondary N) is 1. The van der Waals surface area contributed by atoms with Crippen molar-refractivity contribution in [3.05, 3.63) is 24.3 Å². The quantitative estimate of drug-likeness (QED) is 0.841. The molecule has 0 aliphatic rings. The molecule has 3 N–H and O–H groups in total. The van der Waals surface area contributed by atoms with Gasteiger partial charge >= 0.3 is 6.61 Å². The third-order valence-electron chi connectivity index (χ3n) is 1.95. The van der Waals surface area contributed by atoms with Crippen LogP contribution < -0.4 is 15.8 Å². The lowest BCUT2D eigenvalue weighted by atomic mass is 10.2. The van der Waals surface area contributed by atoms with Crippen LogP contribution >= 0.6 is 12.4 Å². The van der Waals surface area contributed by atoms with Gasteiger partial charge in [0.2, 0.25) is 5.91 Å². The minimum atomic E-state index is -2.88. The van der Waals surface area contributed by atoms with E-state index in [9.17, 15) is 13.6 Å². The Morgan fingerprint density at radius 1 is 1.44 bits per heavy atom. The van der Waals surface area contributed by atoms with Crippen LogP contribution in [-0.4, -0.2) is 19.1 Å². The summed E-state index contributed by atoms with van der Waals surface area (Å²) in [5, 5.41) is 2.57. The van der Waals surface area contributed by atoms with Crippen LogP contribution in [-0.2, 0) is 4.79 Å². The maximum atomic E-state index is 12.0. The lowest BCUT2D eigenvalue weighted by molar-refractivity contribution is -0.116. The van der Waals surface area contributed by atoms with E-state index in [1.54, 1.807) is 6.07 Å². The fourth-order valence-electron chi connectivity index (χ4n) is 1.24. The van der Waals surface area contributed by atoms with Crippen molar-refractivity contribution in [3.63, 3.8) is 0 Å². The summed E-state index contributed by atoms with van der Waals surface area (Å²) in [6.45, 7) is -2.44. The van der Waals surface area contributed by atoms with E-state index in [4.69, 9.17) is 5.73 Å². The van der Waals surface area contributed by atoms with Crippen LogP contribution in [0.3, 0.4) is 0 Å². The zero-order valence-electron chi connectivity index (χ0n) is 9.57. The van der Waals surface area contributed by atoms with Crippen LogP contribution in [0.2, 0.25) is 0 Å². The zero-order chi connectivity index (χ0) is 12.7. The van der Waals surface area contributed by atoms with Crippen molar-refractivity contribution in [1.29, 1.82) is 0 Å². The van der Waals surface area contributed by atoms with Crippen molar-refractivity contribution < 1.29 is 18.3 Å². The van der Waals surface area contributed by atoms with Gasteiger partial charge in [-0.25, -0.2) is 0 Å². The molecule has 4 nitrogen and oxygen atoms in total. The average molecular weight is 281 g/mol. The number of halogens is 3. The Bertz CT molecular complexity index is 378. The number of ether oxygens (including phenoxy) is 1. The van der Waals surface area contributed by atoms with Gasteiger partial charge in [-0.1, -0.05) is 6.07 Å². The molecule has 102 valence electrons. The third kappa shape index (κ3) is 6.36. The van der Waals surface area contributed by atoms with E-state index >= 15 is 0 Å². The van der Waals surface area contributed by atoms with Crippen LogP contribution in [0, 0.1) is 0 Å². The molecule has 0 saturated carbocycles. The molecular weight excluding hydrogens is 266 g/mol. The van der Waals surface area contributed by atoms with Gasteiger partial charge in [0.15, 0.2) is 0 Å². The predicted molar refractivity (Wildman–Crippen MR) is 67.2 cm³/mol. The van der Waals surface area contributed by atoms with E-state index in [1.165, 1.54) is 18.2 Å². The summed E-state index contributed by atoms with van der Waals surface area (Å²) in [4.78, 5) is 11.3. The highest BCUT2D eigenvalue weighted by molar-refractivity contribution is 5.90. The molecule has 0 bridgehead atoms. The molecule has 18 heavy (non-hydrogen) atoms. The fraction of sp³-hybridized carbons (Fsp3) is 0.364. The standard InChI is InChI=1S/C11H14F2N2O2.ClH/c12-11(13)17-9-4-1-3-8(7-9)15-10(16)5-2-6-14;/h1,3-4,7,11H,2,5-6,14H2,(H,15,16);1H.